The highest BCUT2D eigenvalue weighted by Gasteiger charge is 2.29. The van der Waals surface area contributed by atoms with Crippen molar-refractivity contribution >= 4 is 33.3 Å². The quantitative estimate of drug-likeness (QED) is 0.733. The number of Topliss-reactive ketones (excluding diaryl/α,β-unsaturated/α-hetero) is 1. The number of rotatable bonds is 5. The third kappa shape index (κ3) is 4.26. The van der Waals surface area contributed by atoms with Crippen LogP contribution in [-0.4, -0.2) is 50.0 Å². The molecule has 0 aliphatic carbocycles. The van der Waals surface area contributed by atoms with Gasteiger partial charge in [0.05, 0.1) is 11.4 Å². The van der Waals surface area contributed by atoms with E-state index in [9.17, 15) is 22.8 Å². The number of nitrogens with one attached hydrogen (secondary N) is 2. The fourth-order valence-corrected chi connectivity index (χ4v) is 4.20. The Labute approximate surface area is 162 Å². The Bertz CT molecular complexity index is 1030. The number of carbonyl (C=O) groups is 3. The Balaban J connectivity index is 1.79. The molecule has 1 aliphatic heterocycles. The fourth-order valence-electron chi connectivity index (χ4n) is 2.76. The van der Waals surface area contributed by atoms with Gasteiger partial charge in [0.2, 0.25) is 15.9 Å². The van der Waals surface area contributed by atoms with Gasteiger partial charge in [-0.15, -0.1) is 0 Å². The lowest BCUT2D eigenvalue weighted by Crippen LogP contribution is -2.49. The van der Waals surface area contributed by atoms with E-state index in [0.717, 1.165) is 4.31 Å². The molecular formula is C19H19N3O5S. The molecule has 0 unspecified atom stereocenters. The van der Waals surface area contributed by atoms with Crippen LogP contribution in [0.4, 0.5) is 5.69 Å². The fraction of sp³-hybridized carbons (Fsp3) is 0.211. The zero-order chi connectivity index (χ0) is 20.3. The smallest absolute Gasteiger partial charge is 0.255 e. The molecule has 0 spiro atoms. The summed E-state index contributed by atoms with van der Waals surface area (Å²) in [6, 6.07) is 12.0. The zero-order valence-electron chi connectivity index (χ0n) is 15.1. The van der Waals surface area contributed by atoms with Crippen molar-refractivity contribution < 1.29 is 22.8 Å². The molecule has 0 bridgehead atoms. The van der Waals surface area contributed by atoms with Crippen LogP contribution >= 0.6 is 0 Å². The lowest BCUT2D eigenvalue weighted by atomic mass is 10.1. The van der Waals surface area contributed by atoms with Crippen molar-refractivity contribution in [3.63, 3.8) is 0 Å². The third-order valence-electron chi connectivity index (χ3n) is 4.29. The SMILES string of the molecule is CC(=O)c1ccc(NC(=O)c2cccc(S(=O)(=O)N3CCNC(=O)C3)c2)cc1. The van der Waals surface area contributed by atoms with Gasteiger partial charge in [0.25, 0.3) is 5.91 Å². The van der Waals surface area contributed by atoms with Gasteiger partial charge in [-0.1, -0.05) is 6.07 Å². The summed E-state index contributed by atoms with van der Waals surface area (Å²) in [5, 5.41) is 5.24. The van der Waals surface area contributed by atoms with Gasteiger partial charge in [-0.25, -0.2) is 8.42 Å². The average Bonchev–Trinajstić information content (AvgIpc) is 2.68. The minimum atomic E-state index is -3.88. The van der Waals surface area contributed by atoms with Crippen molar-refractivity contribution in [3.8, 4) is 0 Å². The largest absolute Gasteiger partial charge is 0.354 e. The molecular weight excluding hydrogens is 382 g/mol. The predicted octanol–water partition coefficient (Wildman–Crippen LogP) is 1.26. The maximum absolute atomic E-state index is 12.7. The summed E-state index contributed by atoms with van der Waals surface area (Å²) in [7, 11) is -3.88. The molecule has 2 amide bonds. The molecule has 8 nitrogen and oxygen atoms in total. The Morgan fingerprint density at radius 2 is 1.79 bits per heavy atom. The molecule has 2 aromatic rings. The van der Waals surface area contributed by atoms with Crippen LogP contribution in [0, 0.1) is 0 Å². The summed E-state index contributed by atoms with van der Waals surface area (Å²) in [5.74, 6) is -0.927. The first-order valence-corrected chi connectivity index (χ1v) is 10.0. The third-order valence-corrected chi connectivity index (χ3v) is 6.13. The van der Waals surface area contributed by atoms with E-state index in [2.05, 4.69) is 10.6 Å². The molecule has 1 aliphatic rings. The molecule has 3 rings (SSSR count). The first kappa shape index (κ1) is 19.7. The first-order chi connectivity index (χ1) is 13.3. The molecule has 0 aromatic heterocycles. The summed E-state index contributed by atoms with van der Waals surface area (Å²) in [6.45, 7) is 1.62. The van der Waals surface area contributed by atoms with Crippen LogP contribution in [0.2, 0.25) is 0 Å². The highest BCUT2D eigenvalue weighted by Crippen LogP contribution is 2.19. The Morgan fingerprint density at radius 1 is 1.07 bits per heavy atom. The van der Waals surface area contributed by atoms with Gasteiger partial charge in [-0.05, 0) is 49.4 Å². The van der Waals surface area contributed by atoms with E-state index < -0.39 is 15.9 Å². The van der Waals surface area contributed by atoms with E-state index in [-0.39, 0.29) is 41.8 Å². The van der Waals surface area contributed by atoms with Gasteiger partial charge >= 0.3 is 0 Å². The zero-order valence-corrected chi connectivity index (χ0v) is 16.0. The molecule has 9 heteroatoms. The van der Waals surface area contributed by atoms with E-state index in [0.29, 0.717) is 11.3 Å². The molecule has 2 aromatic carbocycles. The molecule has 0 saturated carbocycles. The van der Waals surface area contributed by atoms with Gasteiger partial charge in [-0.2, -0.15) is 4.31 Å². The van der Waals surface area contributed by atoms with Crippen molar-refractivity contribution in [1.29, 1.82) is 0 Å². The van der Waals surface area contributed by atoms with Crippen LogP contribution in [0.5, 0.6) is 0 Å². The van der Waals surface area contributed by atoms with E-state index in [1.54, 1.807) is 24.3 Å². The Kier molecular flexibility index (Phi) is 5.57. The molecule has 0 atom stereocenters. The molecule has 146 valence electrons. The van der Waals surface area contributed by atoms with Crippen LogP contribution in [0.3, 0.4) is 0 Å². The number of anilines is 1. The number of benzene rings is 2. The first-order valence-electron chi connectivity index (χ1n) is 8.56. The molecule has 1 saturated heterocycles. The molecule has 1 fully saturated rings. The summed E-state index contributed by atoms with van der Waals surface area (Å²) >= 11 is 0. The molecule has 0 radical (unpaired) electrons. The van der Waals surface area contributed by atoms with Gasteiger partial charge in [0, 0.05) is 29.9 Å². The number of carbonyl (C=O) groups excluding carboxylic acids is 3. The Hall–Kier alpha value is -3.04. The van der Waals surface area contributed by atoms with E-state index in [4.69, 9.17) is 0 Å². The van der Waals surface area contributed by atoms with Crippen LogP contribution in [0.25, 0.3) is 0 Å². The number of sulfonamides is 1. The number of nitrogens with zero attached hydrogens (tertiary/aromatic N) is 1. The second-order valence-electron chi connectivity index (χ2n) is 6.30. The summed E-state index contributed by atoms with van der Waals surface area (Å²) < 4.78 is 26.6. The van der Waals surface area contributed by atoms with Crippen molar-refractivity contribution in [1.82, 2.24) is 9.62 Å². The maximum Gasteiger partial charge on any atom is 0.255 e. The highest BCUT2D eigenvalue weighted by atomic mass is 32.2. The van der Waals surface area contributed by atoms with Crippen LogP contribution < -0.4 is 10.6 Å². The average molecular weight is 401 g/mol. The number of piperazine rings is 1. The van der Waals surface area contributed by atoms with Gasteiger partial charge in [-0.3, -0.25) is 14.4 Å². The summed E-state index contributed by atoms with van der Waals surface area (Å²) in [5.41, 5.74) is 1.17. The number of ketones is 1. The summed E-state index contributed by atoms with van der Waals surface area (Å²) in [6.07, 6.45) is 0. The molecule has 2 N–H and O–H groups in total. The Morgan fingerprint density at radius 3 is 2.43 bits per heavy atom. The normalized spacial score (nSPS) is 15.0. The van der Waals surface area contributed by atoms with E-state index >= 15 is 0 Å². The van der Waals surface area contributed by atoms with Crippen LogP contribution in [0.1, 0.15) is 27.6 Å². The van der Waals surface area contributed by atoms with Crippen molar-refractivity contribution in [2.75, 3.05) is 25.0 Å². The standard InChI is InChI=1S/C19H19N3O5S/c1-13(23)14-5-7-16(8-6-14)21-19(25)15-3-2-4-17(11-15)28(26,27)22-10-9-20-18(24)12-22/h2-8,11H,9-10,12H2,1H3,(H,20,24)(H,21,25). The van der Waals surface area contributed by atoms with Gasteiger partial charge < -0.3 is 10.6 Å². The monoisotopic (exact) mass is 401 g/mol. The molecule has 1 heterocycles. The topological polar surface area (TPSA) is 113 Å². The van der Waals surface area contributed by atoms with Crippen LogP contribution in [-0.2, 0) is 14.8 Å². The van der Waals surface area contributed by atoms with E-state index in [1.807, 2.05) is 0 Å². The van der Waals surface area contributed by atoms with Gasteiger partial charge in [0.15, 0.2) is 5.78 Å². The minimum Gasteiger partial charge on any atom is -0.354 e. The lowest BCUT2D eigenvalue weighted by molar-refractivity contribution is -0.122. The van der Waals surface area contributed by atoms with E-state index in [1.165, 1.54) is 31.2 Å². The number of hydrogen-bond acceptors (Lipinski definition) is 5. The van der Waals surface area contributed by atoms with Crippen molar-refractivity contribution in [2.45, 2.75) is 11.8 Å². The van der Waals surface area contributed by atoms with Crippen molar-refractivity contribution in [2.24, 2.45) is 0 Å². The number of hydrogen-bond donors (Lipinski definition) is 2. The lowest BCUT2D eigenvalue weighted by Gasteiger charge is -2.26. The minimum absolute atomic E-state index is 0.0539. The molecule has 28 heavy (non-hydrogen) atoms. The summed E-state index contributed by atoms with van der Waals surface area (Å²) in [4.78, 5) is 35.2. The maximum atomic E-state index is 12.7. The van der Waals surface area contributed by atoms with Gasteiger partial charge in [0.1, 0.15) is 0 Å². The van der Waals surface area contributed by atoms with Crippen LogP contribution in [0.15, 0.2) is 53.4 Å². The second kappa shape index (κ2) is 7.91. The van der Waals surface area contributed by atoms with Crippen molar-refractivity contribution in [3.05, 3.63) is 59.7 Å². The highest BCUT2D eigenvalue weighted by molar-refractivity contribution is 7.89. The second-order valence-corrected chi connectivity index (χ2v) is 8.24. The predicted molar refractivity (Wildman–Crippen MR) is 103 cm³/mol. The number of amides is 2.